The maximum Gasteiger partial charge on any atom is 0.267 e. The lowest BCUT2D eigenvalue weighted by molar-refractivity contribution is 0.103. The highest BCUT2D eigenvalue weighted by Gasteiger charge is 2.17. The number of hydrogen-bond donors (Lipinski definition) is 1. The van der Waals surface area contributed by atoms with Crippen molar-refractivity contribution in [2.24, 2.45) is 0 Å². The van der Waals surface area contributed by atoms with Gasteiger partial charge in [-0.25, -0.2) is 4.68 Å². The summed E-state index contributed by atoms with van der Waals surface area (Å²) >= 11 is 2.49. The lowest BCUT2D eigenvalue weighted by Gasteiger charge is -2.01. The number of carbonyl (C=O) groups excluding carboxylic acids is 1. The van der Waals surface area contributed by atoms with Crippen LogP contribution in [0.2, 0.25) is 0 Å². The molecule has 0 spiro atoms. The van der Waals surface area contributed by atoms with Crippen LogP contribution in [0.4, 0.5) is 5.13 Å². The van der Waals surface area contributed by atoms with Gasteiger partial charge in [0.05, 0.1) is 16.3 Å². The van der Waals surface area contributed by atoms with Crippen molar-refractivity contribution < 1.29 is 4.79 Å². The van der Waals surface area contributed by atoms with E-state index in [1.807, 2.05) is 48.7 Å². The van der Waals surface area contributed by atoms with E-state index in [2.05, 4.69) is 25.0 Å². The lowest BCUT2D eigenvalue weighted by atomic mass is 10.3. The molecule has 1 amide bonds. The van der Waals surface area contributed by atoms with E-state index in [0.29, 0.717) is 21.5 Å². The van der Waals surface area contributed by atoms with Crippen molar-refractivity contribution in [3.63, 3.8) is 0 Å². The molecule has 0 saturated heterocycles. The van der Waals surface area contributed by atoms with E-state index in [1.165, 1.54) is 11.3 Å². The van der Waals surface area contributed by atoms with Crippen LogP contribution in [-0.2, 0) is 0 Å². The SMILES string of the molecule is Cc1c(-c2nsc(NC(=O)c3cccs3)n2)nnn1-c1ccccc1. The number of benzene rings is 1. The molecule has 1 aromatic carbocycles. The smallest absolute Gasteiger partial charge is 0.267 e. The molecule has 0 saturated carbocycles. The third kappa shape index (κ3) is 3.06. The maximum absolute atomic E-state index is 12.1. The van der Waals surface area contributed by atoms with Crippen molar-refractivity contribution in [3.8, 4) is 17.2 Å². The second kappa shape index (κ2) is 6.54. The van der Waals surface area contributed by atoms with Crippen molar-refractivity contribution in [1.29, 1.82) is 0 Å². The molecule has 0 aliphatic heterocycles. The van der Waals surface area contributed by atoms with Gasteiger partial charge in [0.25, 0.3) is 5.91 Å². The fourth-order valence-corrected chi connectivity index (χ4v) is 3.47. The van der Waals surface area contributed by atoms with E-state index < -0.39 is 0 Å². The minimum atomic E-state index is -0.192. The van der Waals surface area contributed by atoms with Gasteiger partial charge in [-0.05, 0) is 30.5 Å². The first-order valence-electron chi connectivity index (χ1n) is 7.39. The molecule has 0 fully saturated rings. The highest BCUT2D eigenvalue weighted by Crippen LogP contribution is 2.24. The van der Waals surface area contributed by atoms with Gasteiger partial charge >= 0.3 is 0 Å². The fraction of sp³-hybridized carbons (Fsp3) is 0.0625. The Labute approximate surface area is 151 Å². The number of rotatable bonds is 4. The molecule has 4 rings (SSSR count). The van der Waals surface area contributed by atoms with Gasteiger partial charge < -0.3 is 0 Å². The number of anilines is 1. The second-order valence-corrected chi connectivity index (χ2v) is 6.82. The van der Waals surface area contributed by atoms with Crippen LogP contribution in [0.1, 0.15) is 15.4 Å². The molecule has 0 aliphatic carbocycles. The highest BCUT2D eigenvalue weighted by atomic mass is 32.1. The Balaban J connectivity index is 1.59. The van der Waals surface area contributed by atoms with Crippen LogP contribution in [0.25, 0.3) is 17.2 Å². The van der Waals surface area contributed by atoms with Crippen LogP contribution in [0.3, 0.4) is 0 Å². The van der Waals surface area contributed by atoms with Crippen molar-refractivity contribution in [2.75, 3.05) is 5.32 Å². The number of thiophene rings is 1. The topological polar surface area (TPSA) is 85.6 Å². The molecule has 0 bridgehead atoms. The van der Waals surface area contributed by atoms with Gasteiger partial charge in [-0.15, -0.1) is 16.4 Å². The summed E-state index contributed by atoms with van der Waals surface area (Å²) in [5.74, 6) is 0.258. The summed E-state index contributed by atoms with van der Waals surface area (Å²) in [5, 5.41) is 13.4. The van der Waals surface area contributed by atoms with Crippen LogP contribution in [0, 0.1) is 6.92 Å². The summed E-state index contributed by atoms with van der Waals surface area (Å²) in [5.41, 5.74) is 2.34. The molecule has 3 aromatic heterocycles. The van der Waals surface area contributed by atoms with E-state index in [4.69, 9.17) is 0 Å². The molecule has 9 heteroatoms. The van der Waals surface area contributed by atoms with Gasteiger partial charge in [-0.3, -0.25) is 10.1 Å². The molecule has 7 nitrogen and oxygen atoms in total. The Bertz CT molecular complexity index is 1010. The quantitative estimate of drug-likeness (QED) is 0.597. The number of amides is 1. The Kier molecular flexibility index (Phi) is 4.08. The maximum atomic E-state index is 12.1. The van der Waals surface area contributed by atoms with Gasteiger partial charge in [-0.2, -0.15) is 9.36 Å². The van der Waals surface area contributed by atoms with Crippen LogP contribution < -0.4 is 5.32 Å². The van der Waals surface area contributed by atoms with Crippen molar-refractivity contribution >= 4 is 33.9 Å². The van der Waals surface area contributed by atoms with Crippen molar-refractivity contribution in [1.82, 2.24) is 24.4 Å². The summed E-state index contributed by atoms with van der Waals surface area (Å²) in [4.78, 5) is 17.1. The first-order chi connectivity index (χ1) is 12.2. The van der Waals surface area contributed by atoms with Gasteiger partial charge in [0, 0.05) is 11.5 Å². The first-order valence-corrected chi connectivity index (χ1v) is 9.04. The number of para-hydroxylation sites is 1. The summed E-state index contributed by atoms with van der Waals surface area (Å²) in [7, 11) is 0. The van der Waals surface area contributed by atoms with Crippen LogP contribution >= 0.6 is 22.9 Å². The van der Waals surface area contributed by atoms with E-state index >= 15 is 0 Å². The molecule has 3 heterocycles. The zero-order chi connectivity index (χ0) is 17.2. The predicted octanol–water partition coefficient (Wildman–Crippen LogP) is 3.41. The monoisotopic (exact) mass is 368 g/mol. The van der Waals surface area contributed by atoms with E-state index in [1.54, 1.807) is 10.7 Å². The number of carbonyl (C=O) groups is 1. The molecular weight excluding hydrogens is 356 g/mol. The molecule has 0 aliphatic rings. The number of nitrogens with zero attached hydrogens (tertiary/aromatic N) is 5. The third-order valence-electron chi connectivity index (χ3n) is 3.50. The van der Waals surface area contributed by atoms with Crippen molar-refractivity contribution in [2.45, 2.75) is 6.92 Å². The van der Waals surface area contributed by atoms with Gasteiger partial charge in [0.2, 0.25) is 5.13 Å². The lowest BCUT2D eigenvalue weighted by Crippen LogP contribution is -2.09. The minimum absolute atomic E-state index is 0.192. The van der Waals surface area contributed by atoms with E-state index in [-0.39, 0.29) is 5.91 Å². The Morgan fingerprint density at radius 1 is 1.16 bits per heavy atom. The normalized spacial score (nSPS) is 10.8. The van der Waals surface area contributed by atoms with Crippen LogP contribution in [0.5, 0.6) is 0 Å². The average molecular weight is 368 g/mol. The Morgan fingerprint density at radius 3 is 2.76 bits per heavy atom. The summed E-state index contributed by atoms with van der Waals surface area (Å²) in [6.07, 6.45) is 0. The van der Waals surface area contributed by atoms with Crippen LogP contribution in [0.15, 0.2) is 47.8 Å². The molecule has 1 N–H and O–H groups in total. The summed E-state index contributed by atoms with van der Waals surface area (Å²) < 4.78 is 6.03. The largest absolute Gasteiger partial charge is 0.296 e. The fourth-order valence-electron chi connectivity index (χ4n) is 2.29. The molecule has 124 valence electrons. The van der Waals surface area contributed by atoms with E-state index in [9.17, 15) is 4.79 Å². The molecule has 4 aromatic rings. The molecular formula is C16H12N6OS2. The van der Waals surface area contributed by atoms with Gasteiger partial charge in [-0.1, -0.05) is 29.5 Å². The molecule has 25 heavy (non-hydrogen) atoms. The Hall–Kier alpha value is -2.91. The second-order valence-electron chi connectivity index (χ2n) is 5.13. The van der Waals surface area contributed by atoms with Crippen molar-refractivity contribution in [3.05, 3.63) is 58.4 Å². The predicted molar refractivity (Wildman–Crippen MR) is 97.3 cm³/mol. The summed E-state index contributed by atoms with van der Waals surface area (Å²) in [6.45, 7) is 1.91. The molecule has 0 unspecified atom stereocenters. The standard InChI is InChI=1S/C16H12N6OS2/c1-10-13(19-21-22(10)11-6-3-2-4-7-11)14-17-16(25-20-14)18-15(23)12-8-5-9-24-12/h2-9H,1H3,(H,17,18,20,23). The average Bonchev–Trinajstić information content (AvgIpc) is 3.36. The number of nitrogens with one attached hydrogen (secondary N) is 1. The molecule has 0 atom stereocenters. The number of aromatic nitrogens is 5. The first kappa shape index (κ1) is 15.6. The third-order valence-corrected chi connectivity index (χ3v) is 5.00. The zero-order valence-corrected chi connectivity index (χ0v) is 14.7. The molecule has 0 radical (unpaired) electrons. The van der Waals surface area contributed by atoms with Crippen LogP contribution in [-0.4, -0.2) is 30.3 Å². The zero-order valence-electron chi connectivity index (χ0n) is 13.1. The van der Waals surface area contributed by atoms with Gasteiger partial charge in [0.15, 0.2) is 11.5 Å². The number of hydrogen-bond acceptors (Lipinski definition) is 7. The van der Waals surface area contributed by atoms with Gasteiger partial charge in [0.1, 0.15) is 0 Å². The highest BCUT2D eigenvalue weighted by molar-refractivity contribution is 7.12. The van der Waals surface area contributed by atoms with E-state index in [0.717, 1.165) is 22.9 Å². The summed E-state index contributed by atoms with van der Waals surface area (Å²) in [6, 6.07) is 13.3. The Morgan fingerprint density at radius 2 is 2.00 bits per heavy atom. The minimum Gasteiger partial charge on any atom is -0.296 e.